The maximum atomic E-state index is 6.55. The van der Waals surface area contributed by atoms with E-state index in [1.165, 1.54) is 32.7 Å². The molecule has 0 fully saturated rings. The van der Waals surface area contributed by atoms with Gasteiger partial charge in [-0.2, -0.15) is 0 Å². The van der Waals surface area contributed by atoms with Crippen molar-refractivity contribution in [2.75, 3.05) is 0 Å². The minimum Gasteiger partial charge on any atom is -0.326 e. The maximum Gasteiger partial charge on any atom is 0.0290 e. The third kappa shape index (κ3) is 3.02. The Morgan fingerprint density at radius 3 is 2.48 bits per heavy atom. The Hall–Kier alpha value is -1.25. The average Bonchev–Trinajstić information content (AvgIpc) is 2.86. The summed E-state index contributed by atoms with van der Waals surface area (Å²) in [4.78, 5) is 1.41. The van der Waals surface area contributed by atoms with Gasteiger partial charge in [0, 0.05) is 16.2 Å². The van der Waals surface area contributed by atoms with Gasteiger partial charge in [0.25, 0.3) is 0 Å². The zero-order valence-electron chi connectivity index (χ0n) is 13.0. The van der Waals surface area contributed by atoms with E-state index in [2.05, 4.69) is 57.2 Å². The Bertz CT molecular complexity index is 614. The van der Waals surface area contributed by atoms with Gasteiger partial charge >= 0.3 is 0 Å². The normalized spacial score (nSPS) is 18.6. The monoisotopic (exact) mass is 297 g/mol. The first kappa shape index (κ1) is 14.7. The standard InChI is InChI=1S/C19H23NS/c1-12-8-13(2)16(14(3)9-12)11-17(20)19-10-15-6-4-5-7-18(15)21-19/h4-9,17,19H,10-11,20H2,1-3H3. The molecule has 2 atom stereocenters. The first-order chi connectivity index (χ1) is 10.0. The van der Waals surface area contributed by atoms with E-state index in [1.807, 2.05) is 11.8 Å². The smallest absolute Gasteiger partial charge is 0.0290 e. The van der Waals surface area contributed by atoms with E-state index in [4.69, 9.17) is 5.73 Å². The molecule has 21 heavy (non-hydrogen) atoms. The zero-order chi connectivity index (χ0) is 15.0. The van der Waals surface area contributed by atoms with Crippen molar-refractivity contribution in [3.05, 3.63) is 64.2 Å². The van der Waals surface area contributed by atoms with E-state index < -0.39 is 0 Å². The summed E-state index contributed by atoms with van der Waals surface area (Å²) < 4.78 is 0. The predicted octanol–water partition coefficient (Wildman–Crippen LogP) is 4.20. The summed E-state index contributed by atoms with van der Waals surface area (Å²) in [5, 5.41) is 0.502. The van der Waals surface area contributed by atoms with Crippen LogP contribution in [0.1, 0.15) is 27.8 Å². The van der Waals surface area contributed by atoms with Crippen molar-refractivity contribution in [1.82, 2.24) is 0 Å². The Morgan fingerprint density at radius 1 is 1.14 bits per heavy atom. The van der Waals surface area contributed by atoms with Crippen LogP contribution >= 0.6 is 11.8 Å². The van der Waals surface area contributed by atoms with Crippen LogP contribution in [-0.2, 0) is 12.8 Å². The maximum absolute atomic E-state index is 6.55. The molecule has 0 aromatic heterocycles. The molecule has 110 valence electrons. The highest BCUT2D eigenvalue weighted by molar-refractivity contribution is 8.00. The molecule has 2 heteroatoms. The second-order valence-electron chi connectivity index (χ2n) is 6.21. The Kier molecular flexibility index (Phi) is 4.10. The van der Waals surface area contributed by atoms with Gasteiger partial charge < -0.3 is 5.73 Å². The van der Waals surface area contributed by atoms with Gasteiger partial charge in [-0.1, -0.05) is 35.9 Å². The molecule has 0 radical (unpaired) electrons. The first-order valence-corrected chi connectivity index (χ1v) is 8.49. The van der Waals surface area contributed by atoms with Crippen molar-refractivity contribution >= 4 is 11.8 Å². The van der Waals surface area contributed by atoms with E-state index in [0.29, 0.717) is 5.25 Å². The van der Waals surface area contributed by atoms with E-state index >= 15 is 0 Å². The Morgan fingerprint density at radius 2 is 1.81 bits per heavy atom. The summed E-state index contributed by atoms with van der Waals surface area (Å²) in [6, 6.07) is 13.4. The van der Waals surface area contributed by atoms with Crippen LogP contribution in [0.4, 0.5) is 0 Å². The number of thioether (sulfide) groups is 1. The Labute approximate surface area is 132 Å². The highest BCUT2D eigenvalue weighted by atomic mass is 32.2. The molecule has 0 bridgehead atoms. The lowest BCUT2D eigenvalue weighted by Crippen LogP contribution is -2.34. The molecule has 0 aliphatic carbocycles. The number of hydrogen-bond donors (Lipinski definition) is 1. The lowest BCUT2D eigenvalue weighted by molar-refractivity contribution is 0.629. The first-order valence-electron chi connectivity index (χ1n) is 7.61. The van der Waals surface area contributed by atoms with Gasteiger partial charge in [-0.15, -0.1) is 11.8 Å². The molecular formula is C19H23NS. The molecular weight excluding hydrogens is 274 g/mol. The van der Waals surface area contributed by atoms with Gasteiger partial charge in [0.05, 0.1) is 0 Å². The van der Waals surface area contributed by atoms with E-state index in [9.17, 15) is 0 Å². The van der Waals surface area contributed by atoms with Gasteiger partial charge in [0.1, 0.15) is 0 Å². The quantitative estimate of drug-likeness (QED) is 0.919. The van der Waals surface area contributed by atoms with Crippen LogP contribution in [-0.4, -0.2) is 11.3 Å². The van der Waals surface area contributed by atoms with Gasteiger partial charge in [-0.25, -0.2) is 0 Å². The Balaban J connectivity index is 1.75. The van der Waals surface area contributed by atoms with Crippen LogP contribution in [0.3, 0.4) is 0 Å². The van der Waals surface area contributed by atoms with Crippen LogP contribution in [0.25, 0.3) is 0 Å². The van der Waals surface area contributed by atoms with Gasteiger partial charge in [-0.3, -0.25) is 0 Å². The third-order valence-electron chi connectivity index (χ3n) is 4.43. The molecule has 0 spiro atoms. The molecule has 0 saturated heterocycles. The summed E-state index contributed by atoms with van der Waals surface area (Å²) >= 11 is 1.95. The fourth-order valence-corrected chi connectivity index (χ4v) is 4.67. The topological polar surface area (TPSA) is 26.0 Å². The average molecular weight is 297 g/mol. The van der Waals surface area contributed by atoms with Crippen LogP contribution in [0.2, 0.25) is 0 Å². The SMILES string of the molecule is Cc1cc(C)c(CC(N)C2Cc3ccccc3S2)c(C)c1. The van der Waals surface area contributed by atoms with Crippen LogP contribution in [0.5, 0.6) is 0 Å². The van der Waals surface area contributed by atoms with E-state index in [-0.39, 0.29) is 6.04 Å². The molecule has 1 nitrogen and oxygen atoms in total. The fraction of sp³-hybridized carbons (Fsp3) is 0.368. The van der Waals surface area contributed by atoms with E-state index in [0.717, 1.165) is 12.8 Å². The molecule has 2 aromatic rings. The highest BCUT2D eigenvalue weighted by Gasteiger charge is 2.27. The van der Waals surface area contributed by atoms with Crippen molar-refractivity contribution in [2.24, 2.45) is 5.73 Å². The molecule has 1 heterocycles. The molecule has 0 saturated carbocycles. The summed E-state index contributed by atoms with van der Waals surface area (Å²) in [5.74, 6) is 0. The summed E-state index contributed by atoms with van der Waals surface area (Å²) in [6.07, 6.45) is 2.08. The molecule has 1 aliphatic rings. The third-order valence-corrected chi connectivity index (χ3v) is 5.90. The number of benzene rings is 2. The number of aryl methyl sites for hydroxylation is 3. The summed E-state index contributed by atoms with van der Waals surface area (Å²) in [7, 11) is 0. The molecule has 1 aliphatic heterocycles. The molecule has 3 rings (SSSR count). The van der Waals surface area contributed by atoms with Gasteiger partial charge in [0.15, 0.2) is 0 Å². The molecule has 2 unspecified atom stereocenters. The molecule has 2 aromatic carbocycles. The van der Waals surface area contributed by atoms with Crippen LogP contribution in [0, 0.1) is 20.8 Å². The van der Waals surface area contributed by atoms with Crippen molar-refractivity contribution in [3.63, 3.8) is 0 Å². The van der Waals surface area contributed by atoms with Crippen LogP contribution < -0.4 is 5.73 Å². The molecule has 0 amide bonds. The lowest BCUT2D eigenvalue weighted by atomic mass is 9.92. The number of rotatable bonds is 3. The molecule has 2 N–H and O–H groups in total. The minimum atomic E-state index is 0.211. The van der Waals surface area contributed by atoms with Crippen molar-refractivity contribution in [1.29, 1.82) is 0 Å². The van der Waals surface area contributed by atoms with Gasteiger partial charge in [-0.05, 0) is 61.9 Å². The van der Waals surface area contributed by atoms with Crippen LogP contribution in [0.15, 0.2) is 41.3 Å². The number of nitrogens with two attached hydrogens (primary N) is 1. The van der Waals surface area contributed by atoms with Gasteiger partial charge in [0.2, 0.25) is 0 Å². The highest BCUT2D eigenvalue weighted by Crippen LogP contribution is 2.38. The number of hydrogen-bond acceptors (Lipinski definition) is 2. The van der Waals surface area contributed by atoms with E-state index in [1.54, 1.807) is 0 Å². The second-order valence-corrected chi connectivity index (χ2v) is 7.49. The lowest BCUT2D eigenvalue weighted by Gasteiger charge is -2.21. The predicted molar refractivity (Wildman–Crippen MR) is 92.1 cm³/mol. The summed E-state index contributed by atoms with van der Waals surface area (Å²) in [5.41, 5.74) is 13.5. The largest absolute Gasteiger partial charge is 0.326 e. The van der Waals surface area contributed by atoms with Crippen molar-refractivity contribution in [3.8, 4) is 0 Å². The minimum absolute atomic E-state index is 0.211. The van der Waals surface area contributed by atoms with Crippen molar-refractivity contribution in [2.45, 2.75) is 49.8 Å². The van der Waals surface area contributed by atoms with Crippen molar-refractivity contribution < 1.29 is 0 Å². The summed E-state index contributed by atoms with van der Waals surface area (Å²) in [6.45, 7) is 6.57. The number of fused-ring (bicyclic) bond motifs is 1. The fourth-order valence-electron chi connectivity index (χ4n) is 3.35. The zero-order valence-corrected chi connectivity index (χ0v) is 13.8. The second kappa shape index (κ2) is 5.86.